The van der Waals surface area contributed by atoms with Crippen LogP contribution in [0.15, 0.2) is 30.9 Å². The number of piperazine rings is 1. The number of halogens is 4. The molecule has 0 radical (unpaired) electrons. The molecule has 1 fully saturated rings. The molecular weight excluding hydrogens is 322 g/mol. The Hall–Kier alpha value is -0.320. The molecule has 0 saturated carbocycles. The van der Waals surface area contributed by atoms with E-state index in [4.69, 9.17) is 11.6 Å². The van der Waals surface area contributed by atoms with Crippen molar-refractivity contribution in [1.29, 1.82) is 0 Å². The van der Waals surface area contributed by atoms with Gasteiger partial charge in [0.1, 0.15) is 5.82 Å². The highest BCUT2D eigenvalue weighted by molar-refractivity contribution is 6.30. The first-order valence-corrected chi connectivity index (χ1v) is 6.60. The molecule has 0 unspecified atom stereocenters. The van der Waals surface area contributed by atoms with Gasteiger partial charge >= 0.3 is 0 Å². The highest BCUT2D eigenvalue weighted by Gasteiger charge is 2.21. The summed E-state index contributed by atoms with van der Waals surface area (Å²) in [6.07, 6.45) is 2.69. The zero-order valence-corrected chi connectivity index (χ0v) is 13.5. The van der Waals surface area contributed by atoms with Crippen LogP contribution in [0.4, 0.5) is 4.39 Å². The lowest BCUT2D eigenvalue weighted by Gasteiger charge is -2.34. The third-order valence-electron chi connectivity index (χ3n) is 3.25. The Labute approximate surface area is 137 Å². The number of benzene rings is 1. The van der Waals surface area contributed by atoms with E-state index in [1.807, 2.05) is 12.1 Å². The number of hydrogen-bond acceptors (Lipinski definition) is 2. The molecule has 1 aromatic rings. The van der Waals surface area contributed by atoms with Crippen LogP contribution in [0, 0.1) is 5.82 Å². The predicted octanol–water partition coefficient (Wildman–Crippen LogP) is 3.85. The normalized spacial score (nSPS) is 16.7. The fourth-order valence-corrected chi connectivity index (χ4v) is 2.65. The molecule has 1 saturated heterocycles. The first-order valence-electron chi connectivity index (χ1n) is 6.22. The second-order valence-electron chi connectivity index (χ2n) is 4.53. The van der Waals surface area contributed by atoms with Gasteiger partial charge in [-0.15, -0.1) is 31.4 Å². The van der Waals surface area contributed by atoms with E-state index in [2.05, 4.69) is 16.8 Å². The van der Waals surface area contributed by atoms with E-state index in [1.54, 1.807) is 6.07 Å². The molecule has 114 valence electrons. The minimum Gasteiger partial charge on any atom is -0.314 e. The van der Waals surface area contributed by atoms with Crippen LogP contribution in [0.5, 0.6) is 0 Å². The SMILES string of the molecule is C=CC[C@@H](c1cc(F)cc(Cl)c1)N1CCNCC1.Cl.Cl. The van der Waals surface area contributed by atoms with Gasteiger partial charge in [0.05, 0.1) is 0 Å². The molecule has 0 aromatic heterocycles. The molecule has 2 nitrogen and oxygen atoms in total. The van der Waals surface area contributed by atoms with E-state index in [1.165, 1.54) is 6.07 Å². The number of rotatable bonds is 4. The van der Waals surface area contributed by atoms with Gasteiger partial charge in [0.25, 0.3) is 0 Å². The van der Waals surface area contributed by atoms with Crippen LogP contribution in [0.2, 0.25) is 5.02 Å². The van der Waals surface area contributed by atoms with Gasteiger partial charge in [0.2, 0.25) is 0 Å². The van der Waals surface area contributed by atoms with Gasteiger partial charge in [-0.1, -0.05) is 17.7 Å². The van der Waals surface area contributed by atoms with E-state index in [0.717, 1.165) is 38.2 Å². The fourth-order valence-electron chi connectivity index (χ4n) is 2.42. The molecule has 0 spiro atoms. The molecule has 0 aliphatic carbocycles. The van der Waals surface area contributed by atoms with Gasteiger partial charge in [-0.2, -0.15) is 0 Å². The van der Waals surface area contributed by atoms with Crippen molar-refractivity contribution >= 4 is 36.4 Å². The zero-order valence-electron chi connectivity index (χ0n) is 11.1. The lowest BCUT2D eigenvalue weighted by Crippen LogP contribution is -2.45. The molecule has 1 atom stereocenters. The summed E-state index contributed by atoms with van der Waals surface area (Å²) in [5.74, 6) is -0.276. The second kappa shape index (κ2) is 9.59. The average Bonchev–Trinajstić information content (AvgIpc) is 2.36. The Morgan fingerprint density at radius 3 is 2.50 bits per heavy atom. The highest BCUT2D eigenvalue weighted by atomic mass is 35.5. The van der Waals surface area contributed by atoms with Gasteiger partial charge in [-0.25, -0.2) is 4.39 Å². The first kappa shape index (κ1) is 19.7. The summed E-state index contributed by atoms with van der Waals surface area (Å²) in [6.45, 7) is 7.66. The van der Waals surface area contributed by atoms with E-state index >= 15 is 0 Å². The minimum absolute atomic E-state index is 0. The van der Waals surface area contributed by atoms with Gasteiger partial charge in [0.15, 0.2) is 0 Å². The number of hydrogen-bond donors (Lipinski definition) is 1. The Bertz CT molecular complexity index is 403. The van der Waals surface area contributed by atoms with Crippen LogP contribution in [0.3, 0.4) is 0 Å². The summed E-state index contributed by atoms with van der Waals surface area (Å²) in [4.78, 5) is 2.35. The number of nitrogens with one attached hydrogen (secondary N) is 1. The largest absolute Gasteiger partial charge is 0.314 e. The first-order chi connectivity index (χ1) is 8.70. The summed E-state index contributed by atoms with van der Waals surface area (Å²) in [5.41, 5.74) is 0.932. The quantitative estimate of drug-likeness (QED) is 0.837. The van der Waals surface area contributed by atoms with E-state index < -0.39 is 0 Å². The lowest BCUT2D eigenvalue weighted by atomic mass is 10.0. The van der Waals surface area contributed by atoms with Crippen molar-refractivity contribution in [3.63, 3.8) is 0 Å². The van der Waals surface area contributed by atoms with Gasteiger partial charge < -0.3 is 5.32 Å². The van der Waals surface area contributed by atoms with Crippen LogP contribution in [0.25, 0.3) is 0 Å². The molecule has 1 heterocycles. The highest BCUT2D eigenvalue weighted by Crippen LogP contribution is 2.28. The molecule has 20 heavy (non-hydrogen) atoms. The molecule has 1 N–H and O–H groups in total. The van der Waals surface area contributed by atoms with Crippen LogP contribution in [-0.2, 0) is 0 Å². The minimum atomic E-state index is -0.276. The molecule has 1 aliphatic rings. The predicted molar refractivity (Wildman–Crippen MR) is 87.9 cm³/mol. The third-order valence-corrected chi connectivity index (χ3v) is 3.47. The van der Waals surface area contributed by atoms with Crippen molar-refractivity contribution in [2.45, 2.75) is 12.5 Å². The maximum absolute atomic E-state index is 13.5. The van der Waals surface area contributed by atoms with Gasteiger partial charge in [0, 0.05) is 37.2 Å². The van der Waals surface area contributed by atoms with Crippen molar-refractivity contribution in [2.24, 2.45) is 0 Å². The van der Waals surface area contributed by atoms with Crippen LogP contribution in [0.1, 0.15) is 18.0 Å². The third kappa shape index (κ3) is 5.23. The summed E-state index contributed by atoms with van der Waals surface area (Å²) in [7, 11) is 0. The van der Waals surface area contributed by atoms with Crippen LogP contribution < -0.4 is 5.32 Å². The molecule has 6 heteroatoms. The molecule has 2 rings (SSSR count). The Morgan fingerprint density at radius 1 is 1.30 bits per heavy atom. The maximum atomic E-state index is 13.5. The Balaban J connectivity index is 0.00000180. The van der Waals surface area contributed by atoms with Crippen LogP contribution >= 0.6 is 36.4 Å². The Morgan fingerprint density at radius 2 is 1.95 bits per heavy atom. The van der Waals surface area contributed by atoms with Crippen molar-refractivity contribution < 1.29 is 4.39 Å². The second-order valence-corrected chi connectivity index (χ2v) is 4.97. The zero-order chi connectivity index (χ0) is 13.0. The molecular formula is C14H20Cl3FN2. The summed E-state index contributed by atoms with van der Waals surface area (Å²) < 4.78 is 13.5. The Kier molecular flexibility index (Phi) is 9.43. The summed E-state index contributed by atoms with van der Waals surface area (Å²) in [5, 5.41) is 3.77. The van der Waals surface area contributed by atoms with E-state index in [-0.39, 0.29) is 36.7 Å². The maximum Gasteiger partial charge on any atom is 0.125 e. The topological polar surface area (TPSA) is 15.3 Å². The number of nitrogens with zero attached hydrogens (tertiary/aromatic N) is 1. The standard InChI is InChI=1S/C14H18ClFN2.2ClH/c1-2-3-14(18-6-4-17-5-7-18)11-8-12(15)10-13(16)9-11;;/h2,8-10,14,17H,1,3-7H2;2*1H/t14-;;/m0../s1. The van der Waals surface area contributed by atoms with Crippen molar-refractivity contribution in [3.8, 4) is 0 Å². The molecule has 0 amide bonds. The monoisotopic (exact) mass is 340 g/mol. The molecule has 1 aliphatic heterocycles. The van der Waals surface area contributed by atoms with Crippen molar-refractivity contribution in [1.82, 2.24) is 10.2 Å². The van der Waals surface area contributed by atoms with Crippen molar-refractivity contribution in [2.75, 3.05) is 26.2 Å². The lowest BCUT2D eigenvalue weighted by molar-refractivity contribution is 0.174. The average molecular weight is 342 g/mol. The van der Waals surface area contributed by atoms with Gasteiger partial charge in [-0.3, -0.25) is 4.90 Å². The summed E-state index contributed by atoms with van der Waals surface area (Å²) in [6, 6.07) is 4.93. The van der Waals surface area contributed by atoms with Crippen LogP contribution in [-0.4, -0.2) is 31.1 Å². The molecule has 1 aromatic carbocycles. The van der Waals surface area contributed by atoms with Gasteiger partial charge in [-0.05, 0) is 30.2 Å². The van der Waals surface area contributed by atoms with E-state index in [0.29, 0.717) is 5.02 Å². The van der Waals surface area contributed by atoms with Crippen molar-refractivity contribution in [3.05, 3.63) is 47.3 Å². The summed E-state index contributed by atoms with van der Waals surface area (Å²) >= 11 is 5.94. The molecule has 0 bridgehead atoms. The van der Waals surface area contributed by atoms with E-state index in [9.17, 15) is 4.39 Å². The smallest absolute Gasteiger partial charge is 0.125 e. The fraction of sp³-hybridized carbons (Fsp3) is 0.429.